The van der Waals surface area contributed by atoms with Crippen molar-refractivity contribution in [3.8, 4) is 0 Å². The van der Waals surface area contributed by atoms with Gasteiger partial charge in [0.15, 0.2) is 0 Å². The number of carbonyl (C=O) groups is 4. The molecule has 156 valence electrons. The van der Waals surface area contributed by atoms with Crippen molar-refractivity contribution in [3.63, 3.8) is 0 Å². The predicted octanol–water partition coefficient (Wildman–Crippen LogP) is 1.92. The van der Waals surface area contributed by atoms with Crippen molar-refractivity contribution in [2.45, 2.75) is 45.3 Å². The monoisotopic (exact) mass is 427 g/mol. The highest BCUT2D eigenvalue weighted by atomic mass is 32.1. The first-order valence-corrected chi connectivity index (χ1v) is 10.5. The van der Waals surface area contributed by atoms with Crippen molar-refractivity contribution in [1.82, 2.24) is 20.5 Å². The molecule has 0 spiro atoms. The smallest absolute Gasteiger partial charge is 0.319 e. The number of imide groups is 1. The Morgan fingerprint density at radius 2 is 2.17 bits per heavy atom. The molecular formula is C20H21N5O4S. The van der Waals surface area contributed by atoms with Crippen molar-refractivity contribution in [1.29, 1.82) is 0 Å². The number of aryl methyl sites for hydroxylation is 1. The van der Waals surface area contributed by atoms with Gasteiger partial charge < -0.3 is 15.5 Å². The van der Waals surface area contributed by atoms with E-state index in [-0.39, 0.29) is 30.8 Å². The molecule has 1 atom stereocenters. The first-order valence-electron chi connectivity index (χ1n) is 9.64. The molecule has 0 saturated carbocycles. The number of pyridine rings is 1. The fourth-order valence-corrected chi connectivity index (χ4v) is 4.59. The van der Waals surface area contributed by atoms with Crippen LogP contribution in [0.15, 0.2) is 23.7 Å². The highest BCUT2D eigenvalue weighted by Gasteiger charge is 2.39. The van der Waals surface area contributed by atoms with Gasteiger partial charge in [-0.05, 0) is 37.5 Å². The van der Waals surface area contributed by atoms with Crippen molar-refractivity contribution >= 4 is 40.8 Å². The summed E-state index contributed by atoms with van der Waals surface area (Å²) in [6, 6.07) is 2.55. The van der Waals surface area contributed by atoms with Crippen LogP contribution in [0.1, 0.15) is 45.8 Å². The van der Waals surface area contributed by atoms with Gasteiger partial charge in [0.1, 0.15) is 6.04 Å². The Balaban J connectivity index is 1.40. The fourth-order valence-electron chi connectivity index (χ4n) is 3.62. The second-order valence-electron chi connectivity index (χ2n) is 7.30. The lowest BCUT2D eigenvalue weighted by Gasteiger charge is -2.25. The summed E-state index contributed by atoms with van der Waals surface area (Å²) in [6.07, 6.45) is 2.88. The molecule has 9 nitrogen and oxygen atoms in total. The minimum absolute atomic E-state index is 0.211. The lowest BCUT2D eigenvalue weighted by atomic mass is 10.1. The van der Waals surface area contributed by atoms with Crippen LogP contribution < -0.4 is 16.0 Å². The zero-order valence-corrected chi connectivity index (χ0v) is 17.2. The van der Waals surface area contributed by atoms with Crippen molar-refractivity contribution in [2.24, 2.45) is 0 Å². The molecule has 0 radical (unpaired) electrons. The van der Waals surface area contributed by atoms with Crippen LogP contribution in [0.4, 0.5) is 10.5 Å². The van der Waals surface area contributed by atoms with Gasteiger partial charge in [-0.2, -0.15) is 0 Å². The zero-order chi connectivity index (χ0) is 21.3. The van der Waals surface area contributed by atoms with Gasteiger partial charge in [-0.15, -0.1) is 11.3 Å². The van der Waals surface area contributed by atoms with Crippen LogP contribution in [0.2, 0.25) is 0 Å². The lowest BCUT2D eigenvalue weighted by Crippen LogP contribution is -2.47. The highest BCUT2D eigenvalue weighted by Crippen LogP contribution is 2.33. The summed E-state index contributed by atoms with van der Waals surface area (Å²) in [4.78, 5) is 55.4. The van der Waals surface area contributed by atoms with E-state index in [0.29, 0.717) is 30.6 Å². The van der Waals surface area contributed by atoms with E-state index in [1.165, 1.54) is 16.2 Å². The summed E-state index contributed by atoms with van der Waals surface area (Å²) in [5, 5.41) is 9.62. The van der Waals surface area contributed by atoms with Crippen LogP contribution in [0.25, 0.3) is 0 Å². The third kappa shape index (κ3) is 4.04. The number of nitrogens with one attached hydrogen (secondary N) is 3. The molecule has 2 aromatic rings. The van der Waals surface area contributed by atoms with E-state index in [2.05, 4.69) is 20.9 Å². The Hall–Kier alpha value is -3.27. The number of thiophene rings is 1. The van der Waals surface area contributed by atoms with Gasteiger partial charge in [0.05, 0.1) is 24.0 Å². The lowest BCUT2D eigenvalue weighted by molar-refractivity contribution is -0.132. The molecule has 10 heteroatoms. The summed E-state index contributed by atoms with van der Waals surface area (Å²) < 4.78 is 0. The molecule has 1 fully saturated rings. The maximum Gasteiger partial charge on any atom is 0.319 e. The van der Waals surface area contributed by atoms with Crippen LogP contribution in [0, 0.1) is 6.92 Å². The maximum absolute atomic E-state index is 12.8. The number of fused-ring (bicyclic) bond motifs is 1. The predicted molar refractivity (Wildman–Crippen MR) is 110 cm³/mol. The van der Waals surface area contributed by atoms with E-state index >= 15 is 0 Å². The van der Waals surface area contributed by atoms with Crippen LogP contribution in [-0.4, -0.2) is 39.7 Å². The van der Waals surface area contributed by atoms with E-state index in [1.807, 2.05) is 6.92 Å². The Morgan fingerprint density at radius 3 is 2.93 bits per heavy atom. The summed E-state index contributed by atoms with van der Waals surface area (Å²) in [5.74, 6) is -0.939. The van der Waals surface area contributed by atoms with Gasteiger partial charge in [-0.25, -0.2) is 4.79 Å². The Bertz CT molecular complexity index is 1020. The standard InChI is InChI=1S/C20H21N5O4S/c1-11-5-6-12(7-21-11)23-20(29)22-8-16-13-9-25(19(28)14(13)10-30-16)15-3-2-4-17(26)24-18(15)27/h5-7,10,15H,2-4,8-9H2,1H3,(H2,22,23,29)(H,24,26,27). The Morgan fingerprint density at radius 1 is 1.33 bits per heavy atom. The number of rotatable bonds is 4. The van der Waals surface area contributed by atoms with Gasteiger partial charge in [-0.3, -0.25) is 24.7 Å². The molecule has 0 aliphatic carbocycles. The van der Waals surface area contributed by atoms with Crippen LogP contribution in [-0.2, 0) is 22.7 Å². The topological polar surface area (TPSA) is 120 Å². The van der Waals surface area contributed by atoms with Gasteiger partial charge in [0.2, 0.25) is 11.8 Å². The normalized spacial score (nSPS) is 18.6. The minimum Gasteiger partial charge on any atom is -0.333 e. The molecule has 1 unspecified atom stereocenters. The number of hydrogen-bond donors (Lipinski definition) is 3. The molecule has 3 N–H and O–H groups in total. The van der Waals surface area contributed by atoms with E-state index in [0.717, 1.165) is 16.1 Å². The molecule has 30 heavy (non-hydrogen) atoms. The summed E-state index contributed by atoms with van der Waals surface area (Å²) in [5.41, 5.74) is 2.83. The minimum atomic E-state index is -0.653. The van der Waals surface area contributed by atoms with E-state index in [9.17, 15) is 19.2 Å². The van der Waals surface area contributed by atoms with Gasteiger partial charge in [0, 0.05) is 28.9 Å². The molecule has 2 aliphatic heterocycles. The number of aromatic nitrogens is 1. The Labute approximate surface area is 176 Å². The molecule has 0 aromatic carbocycles. The van der Waals surface area contributed by atoms with E-state index in [1.54, 1.807) is 23.7 Å². The first-order chi connectivity index (χ1) is 14.4. The molecule has 1 saturated heterocycles. The number of hydrogen-bond acceptors (Lipinski definition) is 6. The molecule has 5 amide bonds. The summed E-state index contributed by atoms with van der Waals surface area (Å²) in [7, 11) is 0. The summed E-state index contributed by atoms with van der Waals surface area (Å²) >= 11 is 1.40. The van der Waals surface area contributed by atoms with Crippen molar-refractivity contribution in [2.75, 3.05) is 5.32 Å². The largest absolute Gasteiger partial charge is 0.333 e. The van der Waals surface area contributed by atoms with Gasteiger partial charge in [-0.1, -0.05) is 0 Å². The number of carbonyl (C=O) groups excluding carboxylic acids is 4. The second-order valence-corrected chi connectivity index (χ2v) is 8.26. The average Bonchev–Trinajstić information content (AvgIpc) is 3.20. The van der Waals surface area contributed by atoms with Crippen LogP contribution >= 0.6 is 11.3 Å². The third-order valence-corrected chi connectivity index (χ3v) is 6.23. The molecule has 4 rings (SSSR count). The fraction of sp³-hybridized carbons (Fsp3) is 0.350. The Kier molecular flexibility index (Phi) is 5.49. The van der Waals surface area contributed by atoms with Crippen molar-refractivity contribution in [3.05, 3.63) is 45.4 Å². The average molecular weight is 427 g/mol. The van der Waals surface area contributed by atoms with E-state index < -0.39 is 11.9 Å². The number of amides is 5. The van der Waals surface area contributed by atoms with Crippen molar-refractivity contribution < 1.29 is 19.2 Å². The third-order valence-electron chi connectivity index (χ3n) is 5.20. The van der Waals surface area contributed by atoms with Crippen LogP contribution in [0.3, 0.4) is 0 Å². The molecular weight excluding hydrogens is 406 g/mol. The first kappa shape index (κ1) is 20.0. The maximum atomic E-state index is 12.8. The summed E-state index contributed by atoms with van der Waals surface area (Å²) in [6.45, 7) is 2.43. The van der Waals surface area contributed by atoms with E-state index in [4.69, 9.17) is 0 Å². The van der Waals surface area contributed by atoms with Gasteiger partial charge in [0.25, 0.3) is 5.91 Å². The quantitative estimate of drug-likeness (QED) is 0.644. The molecule has 2 aromatic heterocycles. The molecule has 4 heterocycles. The number of urea groups is 1. The highest BCUT2D eigenvalue weighted by molar-refractivity contribution is 7.10. The molecule has 2 aliphatic rings. The number of nitrogens with zero attached hydrogens (tertiary/aromatic N) is 2. The molecule has 0 bridgehead atoms. The van der Waals surface area contributed by atoms with Gasteiger partial charge >= 0.3 is 6.03 Å². The zero-order valence-electron chi connectivity index (χ0n) is 16.4. The van der Waals surface area contributed by atoms with Crippen LogP contribution in [0.5, 0.6) is 0 Å². The number of anilines is 1. The SMILES string of the molecule is Cc1ccc(NC(=O)NCc2scc3c2CN(C2CCCC(=O)NC2=O)C3=O)cn1. The second kappa shape index (κ2) is 8.23.